The minimum atomic E-state index is -2.91. The van der Waals surface area contributed by atoms with Gasteiger partial charge in [-0.15, -0.1) is 0 Å². The van der Waals surface area contributed by atoms with Gasteiger partial charge in [0.2, 0.25) is 24.8 Å². The molecule has 0 bridgehead atoms. The highest BCUT2D eigenvalue weighted by atomic mass is 19.2. The Morgan fingerprint density at radius 2 is 1.67 bits per heavy atom. The Balaban J connectivity index is 1.92. The van der Waals surface area contributed by atoms with Crippen LogP contribution >= 0.6 is 0 Å². The number of nitrogens with zero attached hydrogens (tertiary/aromatic N) is 3. The van der Waals surface area contributed by atoms with Crippen molar-refractivity contribution < 1.29 is 50.6 Å². The third-order valence-electron chi connectivity index (χ3n) is 6.35. The highest BCUT2D eigenvalue weighted by Gasteiger charge is 2.63. The second kappa shape index (κ2) is 10.6. The zero-order valence-corrected chi connectivity index (χ0v) is 21.6. The number of nitrogens with one attached hydrogen (secondary N) is 1. The summed E-state index contributed by atoms with van der Waals surface area (Å²) in [6, 6.07) is -2.69. The number of piperazine rings is 1. The van der Waals surface area contributed by atoms with Crippen molar-refractivity contribution in [3.63, 3.8) is 0 Å². The van der Waals surface area contributed by atoms with Crippen LogP contribution in [0.3, 0.4) is 0 Å². The van der Waals surface area contributed by atoms with Gasteiger partial charge in [-0.05, 0) is 52.7 Å². The van der Waals surface area contributed by atoms with E-state index in [0.717, 1.165) is 6.92 Å². The number of benzene rings is 1. The molecule has 1 aromatic rings. The molecule has 1 fully saturated rings. The van der Waals surface area contributed by atoms with E-state index >= 15 is 13.2 Å². The van der Waals surface area contributed by atoms with E-state index in [-0.39, 0.29) is 16.8 Å². The van der Waals surface area contributed by atoms with Gasteiger partial charge in [0.25, 0.3) is 0 Å². The fourth-order valence-electron chi connectivity index (χ4n) is 4.62. The average molecular weight is 566 g/mol. The van der Waals surface area contributed by atoms with Crippen LogP contribution in [-0.2, 0) is 20.7 Å². The zero-order valence-electron chi connectivity index (χ0n) is 21.6. The first-order chi connectivity index (χ1) is 17.9. The van der Waals surface area contributed by atoms with Crippen LogP contribution in [0.15, 0.2) is 17.1 Å². The van der Waals surface area contributed by atoms with Crippen LogP contribution in [-0.4, -0.2) is 80.8 Å². The maximum absolute atomic E-state index is 15.7. The summed E-state index contributed by atoms with van der Waals surface area (Å²) in [5, 5.41) is 11.8. The number of carbonyl (C=O) groups is 3. The number of amides is 2. The molecule has 2 aliphatic heterocycles. The molecule has 0 aliphatic carbocycles. The smallest absolute Gasteiger partial charge is 0.407 e. The number of carboxylic acid groups (broad SMARTS) is 1. The average Bonchev–Trinajstić information content (AvgIpc) is 3.06. The molecule has 0 spiro atoms. The fourth-order valence-corrected chi connectivity index (χ4v) is 4.62. The number of alkyl halides is 3. The summed E-state index contributed by atoms with van der Waals surface area (Å²) < 4.78 is 92.4. The van der Waals surface area contributed by atoms with Crippen LogP contribution < -0.4 is 5.32 Å². The van der Waals surface area contributed by atoms with Gasteiger partial charge in [0.05, 0.1) is 0 Å². The highest BCUT2D eigenvalue weighted by molar-refractivity contribution is 5.92. The predicted molar refractivity (Wildman–Crippen MR) is 124 cm³/mol. The Bertz CT molecular complexity index is 1190. The van der Waals surface area contributed by atoms with E-state index in [0.29, 0.717) is 11.0 Å². The SMILES string of the molecule is CC1=N[C@@](C)(C(=O)O)C2C(F)N(C(=O)CC(Cc3cc(F)c(F)cc3F)NC(=O)OC(C)(C)C)C(F)C(F)N12. The van der Waals surface area contributed by atoms with Gasteiger partial charge >= 0.3 is 12.1 Å². The van der Waals surface area contributed by atoms with Gasteiger partial charge in [-0.2, -0.15) is 0 Å². The topological polar surface area (TPSA) is 112 Å². The summed E-state index contributed by atoms with van der Waals surface area (Å²) in [5.41, 5.74) is -3.78. The van der Waals surface area contributed by atoms with Gasteiger partial charge in [0, 0.05) is 18.5 Å². The number of aliphatic carboxylic acids is 1. The van der Waals surface area contributed by atoms with Crippen LogP contribution in [0.1, 0.15) is 46.6 Å². The lowest BCUT2D eigenvalue weighted by atomic mass is 9.89. The molecule has 2 aliphatic rings. The van der Waals surface area contributed by atoms with Gasteiger partial charge in [-0.1, -0.05) is 0 Å². The minimum Gasteiger partial charge on any atom is -0.479 e. The van der Waals surface area contributed by atoms with E-state index in [9.17, 15) is 32.7 Å². The van der Waals surface area contributed by atoms with Gasteiger partial charge in [0.1, 0.15) is 23.3 Å². The summed E-state index contributed by atoms with van der Waals surface area (Å²) in [6.45, 7) is 6.68. The van der Waals surface area contributed by atoms with E-state index in [1.807, 2.05) is 0 Å². The number of carbonyl (C=O) groups excluding carboxylic acids is 2. The van der Waals surface area contributed by atoms with Gasteiger partial charge in [-0.3, -0.25) is 14.7 Å². The van der Waals surface area contributed by atoms with Crippen LogP contribution in [0.25, 0.3) is 0 Å². The lowest BCUT2D eigenvalue weighted by Crippen LogP contribution is -2.70. The van der Waals surface area contributed by atoms with Crippen molar-refractivity contribution in [1.82, 2.24) is 15.1 Å². The number of ether oxygens (including phenoxy) is 1. The van der Waals surface area contributed by atoms with E-state index in [1.54, 1.807) is 0 Å². The van der Waals surface area contributed by atoms with Crippen molar-refractivity contribution >= 4 is 23.8 Å². The summed E-state index contributed by atoms with van der Waals surface area (Å²) in [5.74, 6) is -7.49. The Morgan fingerprint density at radius 3 is 2.23 bits per heavy atom. The van der Waals surface area contributed by atoms with Crippen LogP contribution in [0, 0.1) is 17.5 Å². The van der Waals surface area contributed by atoms with Gasteiger partial charge < -0.3 is 20.1 Å². The predicted octanol–water partition coefficient (Wildman–Crippen LogP) is 3.60. The minimum absolute atomic E-state index is 0.132. The monoisotopic (exact) mass is 566 g/mol. The molecule has 0 saturated carbocycles. The number of rotatable bonds is 6. The van der Waals surface area contributed by atoms with Crippen molar-refractivity contribution in [2.24, 2.45) is 4.99 Å². The second-order valence-corrected chi connectivity index (χ2v) is 10.5. The molecular formula is C24H28F6N4O5. The van der Waals surface area contributed by atoms with E-state index in [1.165, 1.54) is 27.7 Å². The van der Waals surface area contributed by atoms with E-state index in [4.69, 9.17) is 4.74 Å². The number of alkyl carbamates (subject to hydrolysis) is 1. The molecule has 1 saturated heterocycles. The Hall–Kier alpha value is -3.52. The first-order valence-corrected chi connectivity index (χ1v) is 11.8. The number of hydrogen-bond donors (Lipinski definition) is 2. The van der Waals surface area contributed by atoms with Crippen molar-refractivity contribution in [3.05, 3.63) is 35.1 Å². The molecule has 1 aromatic carbocycles. The number of hydrogen-bond acceptors (Lipinski definition) is 6. The second-order valence-electron chi connectivity index (χ2n) is 10.5. The fraction of sp³-hybridized carbons (Fsp3) is 0.583. The Kier molecular flexibility index (Phi) is 8.14. The Morgan fingerprint density at radius 1 is 1.08 bits per heavy atom. The molecule has 0 radical (unpaired) electrons. The molecule has 2 N–H and O–H groups in total. The number of halogens is 6. The molecule has 2 amide bonds. The molecule has 2 heterocycles. The van der Waals surface area contributed by atoms with Crippen molar-refractivity contribution in [1.29, 1.82) is 0 Å². The first kappa shape index (κ1) is 30.0. The lowest BCUT2D eigenvalue weighted by Gasteiger charge is -2.48. The lowest BCUT2D eigenvalue weighted by molar-refractivity contribution is -0.191. The summed E-state index contributed by atoms with van der Waals surface area (Å²) in [7, 11) is 0. The van der Waals surface area contributed by atoms with Crippen molar-refractivity contribution in [2.45, 2.75) is 89.6 Å². The maximum atomic E-state index is 15.7. The van der Waals surface area contributed by atoms with E-state index < -0.39 is 95.9 Å². The molecule has 6 atom stereocenters. The molecule has 39 heavy (non-hydrogen) atoms. The normalized spacial score (nSPS) is 27.5. The van der Waals surface area contributed by atoms with Gasteiger partial charge in [-0.25, -0.2) is 35.9 Å². The van der Waals surface area contributed by atoms with Crippen molar-refractivity contribution in [2.75, 3.05) is 0 Å². The number of amidine groups is 1. The number of carboxylic acids is 1. The first-order valence-electron chi connectivity index (χ1n) is 11.8. The third kappa shape index (κ3) is 5.91. The Labute approximate surface area is 219 Å². The van der Waals surface area contributed by atoms with E-state index in [2.05, 4.69) is 10.3 Å². The van der Waals surface area contributed by atoms with Crippen LogP contribution in [0.4, 0.5) is 31.1 Å². The summed E-state index contributed by atoms with van der Waals surface area (Å²) >= 11 is 0. The van der Waals surface area contributed by atoms with Crippen LogP contribution in [0.5, 0.6) is 0 Å². The molecule has 0 aromatic heterocycles. The summed E-state index contributed by atoms with van der Waals surface area (Å²) in [4.78, 5) is 41.5. The van der Waals surface area contributed by atoms with Crippen molar-refractivity contribution in [3.8, 4) is 0 Å². The summed E-state index contributed by atoms with van der Waals surface area (Å²) in [6.07, 6.45) is -11.0. The number of fused-ring (bicyclic) bond motifs is 1. The molecule has 3 rings (SSSR count). The molecular weight excluding hydrogens is 538 g/mol. The molecule has 216 valence electrons. The van der Waals surface area contributed by atoms with Gasteiger partial charge in [0.15, 0.2) is 17.2 Å². The largest absolute Gasteiger partial charge is 0.479 e. The quantitative estimate of drug-likeness (QED) is 0.309. The molecule has 5 unspecified atom stereocenters. The number of aliphatic imine (C=N–C) groups is 1. The van der Waals surface area contributed by atoms with Crippen LogP contribution in [0.2, 0.25) is 0 Å². The molecule has 9 nitrogen and oxygen atoms in total. The maximum Gasteiger partial charge on any atom is 0.407 e. The molecule has 15 heteroatoms. The zero-order chi connectivity index (χ0) is 29.6. The highest BCUT2D eigenvalue weighted by Crippen LogP contribution is 2.41. The third-order valence-corrected chi connectivity index (χ3v) is 6.35. The standard InChI is InChI=1S/C24H28F6N4O5/c1-10-32-24(5,21(36)37)17-18(28)34(20(30)19(29)33(10)17)16(35)8-12(31-22(38)39-23(2,3)4)6-11-7-14(26)15(27)9-13(11)25/h7,9,12,17-20H,6,8H2,1-5H3,(H,31,38)(H,36,37)/t12?,17?,18?,19?,20?,24-/m1/s1.